The highest BCUT2D eigenvalue weighted by atomic mass is 35.5. The van der Waals surface area contributed by atoms with Gasteiger partial charge in [0.2, 0.25) is 0 Å². The minimum absolute atomic E-state index is 0.498. The van der Waals surface area contributed by atoms with Crippen molar-refractivity contribution in [2.75, 3.05) is 41.7 Å². The first-order valence-electron chi connectivity index (χ1n) is 8.26. The Kier molecular flexibility index (Phi) is 4.24. The Morgan fingerprint density at radius 2 is 1.72 bits per heavy atom. The van der Waals surface area contributed by atoms with Gasteiger partial charge in [-0.15, -0.1) is 0 Å². The van der Waals surface area contributed by atoms with E-state index in [2.05, 4.69) is 20.9 Å². The van der Waals surface area contributed by atoms with Crippen molar-refractivity contribution >= 4 is 28.8 Å². The van der Waals surface area contributed by atoms with Crippen molar-refractivity contribution in [2.45, 2.75) is 0 Å². The molecule has 2 aromatic heterocycles. The molecule has 1 fully saturated rings. The number of nitrogens with zero attached hydrogens (tertiary/aromatic N) is 3. The molecule has 128 valence electrons. The van der Waals surface area contributed by atoms with Crippen molar-refractivity contribution in [3.05, 3.63) is 59.8 Å². The van der Waals surface area contributed by atoms with Crippen LogP contribution in [0.2, 0.25) is 5.02 Å². The maximum atomic E-state index is 6.32. The summed E-state index contributed by atoms with van der Waals surface area (Å²) < 4.78 is 5.45. The lowest BCUT2D eigenvalue weighted by atomic mass is 10.2. The number of benzene rings is 1. The SMILES string of the molecule is Nc1cc(N2CCN(c3ccccc3Cl)CC2)cc(-c2ccco2)n1. The number of para-hydroxylation sites is 1. The van der Waals surface area contributed by atoms with Crippen LogP contribution in [0.3, 0.4) is 0 Å². The number of aromatic nitrogens is 1. The molecule has 0 atom stereocenters. The predicted octanol–water partition coefficient (Wildman–Crippen LogP) is 3.90. The van der Waals surface area contributed by atoms with Gasteiger partial charge in [-0.3, -0.25) is 0 Å². The fourth-order valence-corrected chi connectivity index (χ4v) is 3.44. The van der Waals surface area contributed by atoms with Crippen LogP contribution in [-0.2, 0) is 0 Å². The zero-order valence-corrected chi connectivity index (χ0v) is 14.5. The Balaban J connectivity index is 1.52. The van der Waals surface area contributed by atoms with Crippen molar-refractivity contribution in [1.29, 1.82) is 0 Å². The number of anilines is 3. The van der Waals surface area contributed by atoms with E-state index in [1.807, 2.05) is 42.5 Å². The molecule has 0 saturated carbocycles. The summed E-state index contributed by atoms with van der Waals surface area (Å²) in [5, 5.41) is 0.796. The summed E-state index contributed by atoms with van der Waals surface area (Å²) >= 11 is 6.32. The number of nitrogen functional groups attached to an aromatic ring is 1. The largest absolute Gasteiger partial charge is 0.463 e. The van der Waals surface area contributed by atoms with Crippen molar-refractivity contribution < 1.29 is 4.42 Å². The van der Waals surface area contributed by atoms with Crippen LogP contribution in [0.5, 0.6) is 0 Å². The summed E-state index contributed by atoms with van der Waals surface area (Å²) in [5.74, 6) is 1.22. The molecule has 0 aliphatic carbocycles. The van der Waals surface area contributed by atoms with E-state index in [1.54, 1.807) is 6.26 Å². The summed E-state index contributed by atoms with van der Waals surface area (Å²) in [6, 6.07) is 15.7. The van der Waals surface area contributed by atoms with Crippen LogP contribution < -0.4 is 15.5 Å². The van der Waals surface area contributed by atoms with Crippen LogP contribution in [0.1, 0.15) is 0 Å². The van der Waals surface area contributed by atoms with E-state index >= 15 is 0 Å². The highest BCUT2D eigenvalue weighted by molar-refractivity contribution is 6.33. The Hall–Kier alpha value is -2.66. The molecule has 3 heterocycles. The average molecular weight is 355 g/mol. The van der Waals surface area contributed by atoms with E-state index in [4.69, 9.17) is 21.8 Å². The number of halogens is 1. The molecule has 25 heavy (non-hydrogen) atoms. The van der Waals surface area contributed by atoms with Gasteiger partial charge in [0.25, 0.3) is 0 Å². The molecule has 0 bridgehead atoms. The number of furan rings is 1. The van der Waals surface area contributed by atoms with Crippen LogP contribution in [0, 0.1) is 0 Å². The van der Waals surface area contributed by atoms with Crippen LogP contribution in [0.4, 0.5) is 17.2 Å². The topological polar surface area (TPSA) is 58.5 Å². The highest BCUT2D eigenvalue weighted by Crippen LogP contribution is 2.29. The van der Waals surface area contributed by atoms with Crippen LogP contribution >= 0.6 is 11.6 Å². The first kappa shape index (κ1) is 15.8. The second-order valence-corrected chi connectivity index (χ2v) is 6.45. The Bertz CT molecular complexity index is 858. The second kappa shape index (κ2) is 6.69. The lowest BCUT2D eigenvalue weighted by Gasteiger charge is -2.37. The average Bonchev–Trinajstić information content (AvgIpc) is 3.17. The number of piperazine rings is 1. The van der Waals surface area contributed by atoms with Crippen LogP contribution in [-0.4, -0.2) is 31.2 Å². The molecule has 0 amide bonds. The van der Waals surface area contributed by atoms with Gasteiger partial charge >= 0.3 is 0 Å². The summed E-state index contributed by atoms with van der Waals surface area (Å²) in [7, 11) is 0. The van der Waals surface area contributed by atoms with E-state index < -0.39 is 0 Å². The zero-order valence-electron chi connectivity index (χ0n) is 13.7. The molecule has 3 aromatic rings. The highest BCUT2D eigenvalue weighted by Gasteiger charge is 2.20. The monoisotopic (exact) mass is 354 g/mol. The fraction of sp³-hybridized carbons (Fsp3) is 0.211. The van der Waals surface area contributed by atoms with Gasteiger partial charge in [-0.05, 0) is 30.3 Å². The quantitative estimate of drug-likeness (QED) is 0.773. The molecule has 5 nitrogen and oxygen atoms in total. The third-order valence-electron chi connectivity index (χ3n) is 4.44. The van der Waals surface area contributed by atoms with Crippen molar-refractivity contribution in [1.82, 2.24) is 4.98 Å². The van der Waals surface area contributed by atoms with Gasteiger partial charge in [0.1, 0.15) is 11.5 Å². The molecule has 0 radical (unpaired) electrons. The first-order chi connectivity index (χ1) is 12.2. The molecule has 0 spiro atoms. The Morgan fingerprint density at radius 3 is 2.44 bits per heavy atom. The van der Waals surface area contributed by atoms with Gasteiger partial charge in [0.15, 0.2) is 5.76 Å². The molecule has 4 rings (SSSR count). The van der Waals surface area contributed by atoms with E-state index in [-0.39, 0.29) is 0 Å². The number of hydrogen-bond acceptors (Lipinski definition) is 5. The lowest BCUT2D eigenvalue weighted by Crippen LogP contribution is -2.46. The molecule has 6 heteroatoms. The maximum Gasteiger partial charge on any atom is 0.152 e. The summed E-state index contributed by atoms with van der Waals surface area (Å²) in [6.07, 6.45) is 1.64. The molecule has 1 aliphatic rings. The van der Waals surface area contributed by atoms with Gasteiger partial charge in [-0.1, -0.05) is 23.7 Å². The molecule has 1 aliphatic heterocycles. The number of nitrogens with two attached hydrogens (primary N) is 1. The van der Waals surface area contributed by atoms with E-state index in [0.29, 0.717) is 5.82 Å². The summed E-state index contributed by atoms with van der Waals surface area (Å²) in [4.78, 5) is 9.01. The molecular formula is C19H19ClN4O. The van der Waals surface area contributed by atoms with Crippen molar-refractivity contribution in [3.63, 3.8) is 0 Å². The fourth-order valence-electron chi connectivity index (χ4n) is 3.18. The first-order valence-corrected chi connectivity index (χ1v) is 8.64. The Morgan fingerprint density at radius 1 is 0.960 bits per heavy atom. The van der Waals surface area contributed by atoms with E-state index in [9.17, 15) is 0 Å². The second-order valence-electron chi connectivity index (χ2n) is 6.04. The van der Waals surface area contributed by atoms with E-state index in [0.717, 1.165) is 54.0 Å². The molecule has 1 saturated heterocycles. The summed E-state index contributed by atoms with van der Waals surface area (Å²) in [5.41, 5.74) is 8.92. The van der Waals surface area contributed by atoms with Gasteiger partial charge in [-0.25, -0.2) is 4.98 Å². The van der Waals surface area contributed by atoms with Crippen molar-refractivity contribution in [2.24, 2.45) is 0 Å². The predicted molar refractivity (Wildman–Crippen MR) is 102 cm³/mol. The number of rotatable bonds is 3. The van der Waals surface area contributed by atoms with Crippen LogP contribution in [0.25, 0.3) is 11.5 Å². The van der Waals surface area contributed by atoms with Crippen molar-refractivity contribution in [3.8, 4) is 11.5 Å². The van der Waals surface area contributed by atoms with E-state index in [1.165, 1.54) is 0 Å². The smallest absolute Gasteiger partial charge is 0.152 e. The standard InChI is InChI=1S/C19H19ClN4O/c20-15-4-1-2-5-17(15)24-9-7-23(8-10-24)14-12-16(22-19(21)13-14)18-6-3-11-25-18/h1-6,11-13H,7-10H2,(H2,21,22). The Labute approximate surface area is 151 Å². The number of pyridine rings is 1. The normalized spacial score (nSPS) is 14.8. The third-order valence-corrected chi connectivity index (χ3v) is 4.76. The molecule has 1 aromatic carbocycles. The maximum absolute atomic E-state index is 6.32. The lowest BCUT2D eigenvalue weighted by molar-refractivity contribution is 0.580. The minimum Gasteiger partial charge on any atom is -0.463 e. The number of hydrogen-bond donors (Lipinski definition) is 1. The van der Waals surface area contributed by atoms with Gasteiger partial charge in [0, 0.05) is 37.9 Å². The minimum atomic E-state index is 0.498. The van der Waals surface area contributed by atoms with Gasteiger partial charge < -0.3 is 20.0 Å². The summed E-state index contributed by atoms with van der Waals surface area (Å²) in [6.45, 7) is 3.60. The molecule has 2 N–H and O–H groups in total. The molecular weight excluding hydrogens is 336 g/mol. The van der Waals surface area contributed by atoms with Gasteiger partial charge in [-0.2, -0.15) is 0 Å². The van der Waals surface area contributed by atoms with Gasteiger partial charge in [0.05, 0.1) is 17.0 Å². The third kappa shape index (κ3) is 3.28. The van der Waals surface area contributed by atoms with Crippen LogP contribution in [0.15, 0.2) is 59.2 Å². The molecule has 0 unspecified atom stereocenters. The zero-order chi connectivity index (χ0) is 17.2.